The van der Waals surface area contributed by atoms with Gasteiger partial charge in [0, 0.05) is 12.7 Å². The molecule has 4 amide bonds. The van der Waals surface area contributed by atoms with Crippen LogP contribution in [-0.2, 0) is 19.1 Å². The maximum atomic E-state index is 12.8. The van der Waals surface area contributed by atoms with Gasteiger partial charge in [0.25, 0.3) is 11.8 Å². The highest BCUT2D eigenvalue weighted by Gasteiger charge is 2.35. The summed E-state index contributed by atoms with van der Waals surface area (Å²) in [6, 6.07) is 4.47. The first-order valence-corrected chi connectivity index (χ1v) is 7.09. The van der Waals surface area contributed by atoms with E-state index in [0.29, 0.717) is 5.69 Å². The van der Waals surface area contributed by atoms with Gasteiger partial charge in [0.1, 0.15) is 18.9 Å². The Balaban J connectivity index is 1.86. The van der Waals surface area contributed by atoms with Crippen molar-refractivity contribution in [3.63, 3.8) is 0 Å². The van der Waals surface area contributed by atoms with Crippen molar-refractivity contribution in [1.82, 2.24) is 9.80 Å². The Morgan fingerprint density at radius 1 is 1.29 bits per heavy atom. The summed E-state index contributed by atoms with van der Waals surface area (Å²) in [5, 5.41) is 2.45. The number of likely N-dealkylation sites (N-methyl/N-ethyl adjacent to an activating group) is 1. The van der Waals surface area contributed by atoms with Crippen molar-refractivity contribution in [3.8, 4) is 0 Å². The Labute approximate surface area is 137 Å². The van der Waals surface area contributed by atoms with Crippen LogP contribution in [0.1, 0.15) is 6.92 Å². The van der Waals surface area contributed by atoms with Gasteiger partial charge in [-0.2, -0.15) is 0 Å². The third-order valence-corrected chi connectivity index (χ3v) is 3.31. The molecule has 9 heteroatoms. The number of carbonyl (C=O) groups excluding carboxylic acids is 4. The van der Waals surface area contributed by atoms with Crippen molar-refractivity contribution >= 4 is 29.5 Å². The van der Waals surface area contributed by atoms with Crippen molar-refractivity contribution in [2.75, 3.05) is 25.5 Å². The molecule has 2 rings (SSSR count). The van der Waals surface area contributed by atoms with Crippen molar-refractivity contribution in [2.45, 2.75) is 13.0 Å². The van der Waals surface area contributed by atoms with E-state index in [0.717, 1.165) is 4.90 Å². The molecule has 0 aromatic heterocycles. The normalized spacial score (nSPS) is 15.5. The molecule has 8 nitrogen and oxygen atoms in total. The highest BCUT2D eigenvalue weighted by molar-refractivity contribution is 6.04. The first-order chi connectivity index (χ1) is 11.3. The number of hydrogen-bond donors (Lipinski definition) is 1. The number of hydrogen-bond acceptors (Lipinski definition) is 5. The molecule has 0 unspecified atom stereocenters. The molecule has 1 aromatic carbocycles. The van der Waals surface area contributed by atoms with Crippen LogP contribution in [0.3, 0.4) is 0 Å². The monoisotopic (exact) mass is 337 g/mol. The highest BCUT2D eigenvalue weighted by atomic mass is 19.1. The lowest BCUT2D eigenvalue weighted by Crippen LogP contribution is -2.39. The second-order valence-corrected chi connectivity index (χ2v) is 5.25. The Bertz CT molecular complexity index is 676. The summed E-state index contributed by atoms with van der Waals surface area (Å²) in [6.45, 7) is 0.680. The molecule has 1 fully saturated rings. The van der Waals surface area contributed by atoms with Gasteiger partial charge in [0.05, 0.1) is 0 Å². The minimum absolute atomic E-state index is 0.104. The molecule has 0 radical (unpaired) electrons. The van der Waals surface area contributed by atoms with Gasteiger partial charge in [0.2, 0.25) is 0 Å². The summed E-state index contributed by atoms with van der Waals surface area (Å²) in [7, 11) is 1.43. The van der Waals surface area contributed by atoms with E-state index in [9.17, 15) is 23.6 Å². The zero-order chi connectivity index (χ0) is 17.9. The smallest absolute Gasteiger partial charge is 0.327 e. The fourth-order valence-corrected chi connectivity index (χ4v) is 2.02. The molecule has 0 aliphatic carbocycles. The van der Waals surface area contributed by atoms with Gasteiger partial charge in [-0.3, -0.25) is 19.3 Å². The Morgan fingerprint density at radius 3 is 2.46 bits per heavy atom. The number of rotatable bonds is 5. The molecule has 0 spiro atoms. The van der Waals surface area contributed by atoms with Crippen molar-refractivity contribution in [3.05, 3.63) is 30.1 Å². The third kappa shape index (κ3) is 4.06. The van der Waals surface area contributed by atoms with Crippen molar-refractivity contribution in [1.29, 1.82) is 0 Å². The van der Waals surface area contributed by atoms with Crippen LogP contribution in [0.4, 0.5) is 14.9 Å². The molecule has 1 aliphatic rings. The van der Waals surface area contributed by atoms with Crippen LogP contribution in [0, 0.1) is 5.82 Å². The zero-order valence-electron chi connectivity index (χ0n) is 13.1. The predicted octanol–water partition coefficient (Wildman–Crippen LogP) is 0.590. The lowest BCUT2D eigenvalue weighted by Gasteiger charge is -2.16. The van der Waals surface area contributed by atoms with E-state index >= 15 is 0 Å². The molecule has 1 heterocycles. The number of amides is 4. The Kier molecular flexibility index (Phi) is 5.12. The third-order valence-electron chi connectivity index (χ3n) is 3.31. The number of benzene rings is 1. The zero-order valence-corrected chi connectivity index (χ0v) is 13.1. The standard InChI is InChI=1S/C15H16FN3O5/c1-9(14(22)17-11-5-3-10(16)4-6-11)24-13(21)8-19-12(20)7-18(2)15(19)23/h3-6,9H,7-8H2,1-2H3,(H,17,22)/t9-/m1/s1. The van der Waals surface area contributed by atoms with Crippen LogP contribution < -0.4 is 5.32 Å². The number of halogens is 1. The molecule has 0 bridgehead atoms. The highest BCUT2D eigenvalue weighted by Crippen LogP contribution is 2.10. The summed E-state index contributed by atoms with van der Waals surface area (Å²) in [5.74, 6) is -2.46. The van der Waals surface area contributed by atoms with E-state index in [4.69, 9.17) is 4.74 Å². The van der Waals surface area contributed by atoms with Gasteiger partial charge in [-0.05, 0) is 31.2 Å². The number of imide groups is 1. The van der Waals surface area contributed by atoms with E-state index < -0.39 is 42.3 Å². The van der Waals surface area contributed by atoms with Gasteiger partial charge in [0.15, 0.2) is 6.10 Å². The number of anilines is 1. The van der Waals surface area contributed by atoms with E-state index in [2.05, 4.69) is 5.32 Å². The molecule has 0 saturated carbocycles. The number of urea groups is 1. The largest absolute Gasteiger partial charge is 0.451 e. The van der Waals surface area contributed by atoms with Crippen molar-refractivity contribution in [2.24, 2.45) is 0 Å². The van der Waals surface area contributed by atoms with Gasteiger partial charge in [-0.1, -0.05) is 0 Å². The van der Waals surface area contributed by atoms with Crippen molar-refractivity contribution < 1.29 is 28.3 Å². The second-order valence-electron chi connectivity index (χ2n) is 5.25. The van der Waals surface area contributed by atoms with Crippen LogP contribution in [0.25, 0.3) is 0 Å². The molecule has 1 saturated heterocycles. The lowest BCUT2D eigenvalue weighted by molar-refractivity contribution is -0.154. The van der Waals surface area contributed by atoms with E-state index in [1.165, 1.54) is 43.1 Å². The number of esters is 1. The summed E-state index contributed by atoms with van der Waals surface area (Å²) >= 11 is 0. The number of nitrogens with one attached hydrogen (secondary N) is 1. The van der Waals surface area contributed by atoms with E-state index in [1.54, 1.807) is 0 Å². The minimum Gasteiger partial charge on any atom is -0.451 e. The topological polar surface area (TPSA) is 96.0 Å². The fraction of sp³-hybridized carbons (Fsp3) is 0.333. The average molecular weight is 337 g/mol. The van der Waals surface area contributed by atoms with Crippen LogP contribution in [0.2, 0.25) is 0 Å². The Hall–Kier alpha value is -2.97. The predicted molar refractivity (Wildman–Crippen MR) is 80.3 cm³/mol. The minimum atomic E-state index is -1.15. The van der Waals surface area contributed by atoms with Crippen LogP contribution in [0.15, 0.2) is 24.3 Å². The van der Waals surface area contributed by atoms with Gasteiger partial charge in [-0.15, -0.1) is 0 Å². The van der Waals surface area contributed by atoms with Gasteiger partial charge >= 0.3 is 12.0 Å². The summed E-state index contributed by atoms with van der Waals surface area (Å²) in [5.41, 5.74) is 0.343. The lowest BCUT2D eigenvalue weighted by atomic mass is 10.3. The van der Waals surface area contributed by atoms with E-state index in [-0.39, 0.29) is 6.54 Å². The molecular weight excluding hydrogens is 321 g/mol. The number of ether oxygens (including phenoxy) is 1. The molecular formula is C15H16FN3O5. The molecule has 1 aromatic rings. The molecule has 24 heavy (non-hydrogen) atoms. The SMILES string of the molecule is C[C@@H](OC(=O)CN1C(=O)CN(C)C1=O)C(=O)Nc1ccc(F)cc1. The Morgan fingerprint density at radius 2 is 1.92 bits per heavy atom. The van der Waals surface area contributed by atoms with Crippen LogP contribution >= 0.6 is 0 Å². The maximum absolute atomic E-state index is 12.8. The molecule has 1 aliphatic heterocycles. The quantitative estimate of drug-likeness (QED) is 0.627. The summed E-state index contributed by atoms with van der Waals surface area (Å²) in [6.07, 6.45) is -1.15. The second kappa shape index (κ2) is 7.07. The fourth-order valence-electron chi connectivity index (χ4n) is 2.02. The average Bonchev–Trinajstić information content (AvgIpc) is 2.76. The molecule has 1 atom stereocenters. The summed E-state index contributed by atoms with van der Waals surface area (Å²) in [4.78, 5) is 48.8. The first kappa shape index (κ1) is 17.4. The number of carbonyl (C=O) groups is 4. The summed E-state index contributed by atoms with van der Waals surface area (Å²) < 4.78 is 17.7. The molecule has 1 N–H and O–H groups in total. The van der Waals surface area contributed by atoms with Crippen LogP contribution in [0.5, 0.6) is 0 Å². The maximum Gasteiger partial charge on any atom is 0.327 e. The van der Waals surface area contributed by atoms with Gasteiger partial charge < -0.3 is 15.0 Å². The van der Waals surface area contributed by atoms with E-state index in [1.807, 2.05) is 0 Å². The van der Waals surface area contributed by atoms with Gasteiger partial charge in [-0.25, -0.2) is 9.18 Å². The first-order valence-electron chi connectivity index (χ1n) is 7.09. The van der Waals surface area contributed by atoms with Crippen LogP contribution in [-0.4, -0.2) is 59.9 Å². The number of nitrogens with zero attached hydrogens (tertiary/aromatic N) is 2. The molecule has 128 valence electrons.